The monoisotopic (exact) mass is 399 g/mol. The minimum atomic E-state index is -0.295. The summed E-state index contributed by atoms with van der Waals surface area (Å²) < 4.78 is 7.69. The topological polar surface area (TPSA) is 108 Å². The Labute approximate surface area is 171 Å². The van der Waals surface area contributed by atoms with E-state index in [4.69, 9.17) is 4.74 Å². The van der Waals surface area contributed by atoms with Gasteiger partial charge in [-0.1, -0.05) is 12.1 Å². The summed E-state index contributed by atoms with van der Waals surface area (Å²) in [5, 5.41) is 11.0. The number of anilines is 1. The summed E-state index contributed by atoms with van der Waals surface area (Å²) in [4.78, 5) is 25.1. The van der Waals surface area contributed by atoms with Crippen LogP contribution in [0.5, 0.6) is 11.6 Å². The maximum absolute atomic E-state index is 12.7. The Morgan fingerprint density at radius 2 is 2.03 bits per heavy atom. The summed E-state index contributed by atoms with van der Waals surface area (Å²) in [7, 11) is 0. The predicted molar refractivity (Wildman–Crippen MR) is 108 cm³/mol. The van der Waals surface area contributed by atoms with E-state index in [2.05, 4.69) is 30.5 Å². The maximum Gasteiger partial charge on any atom is 0.256 e. The Morgan fingerprint density at radius 3 is 2.87 bits per heavy atom. The normalized spacial score (nSPS) is 13.1. The van der Waals surface area contributed by atoms with Crippen molar-refractivity contribution in [1.29, 1.82) is 0 Å². The second-order valence-corrected chi connectivity index (χ2v) is 6.83. The zero-order chi connectivity index (χ0) is 20.3. The first-order valence-corrected chi connectivity index (χ1v) is 9.48. The van der Waals surface area contributed by atoms with Crippen LogP contribution in [0.1, 0.15) is 29.2 Å². The fourth-order valence-corrected chi connectivity index (χ4v) is 3.02. The Kier molecular flexibility index (Phi) is 4.60. The highest BCUT2D eigenvalue weighted by molar-refractivity contribution is 6.04. The molecule has 0 atom stereocenters. The number of amides is 1. The lowest BCUT2D eigenvalue weighted by atomic mass is 10.2. The molecule has 1 fully saturated rings. The van der Waals surface area contributed by atoms with Crippen LogP contribution in [0.2, 0.25) is 0 Å². The molecule has 1 aliphatic carbocycles. The van der Waals surface area contributed by atoms with Crippen LogP contribution in [0.4, 0.5) is 5.82 Å². The summed E-state index contributed by atoms with van der Waals surface area (Å²) in [6.45, 7) is 0. The zero-order valence-electron chi connectivity index (χ0n) is 15.8. The van der Waals surface area contributed by atoms with Gasteiger partial charge in [0.15, 0.2) is 5.82 Å². The van der Waals surface area contributed by atoms with E-state index in [0.717, 1.165) is 12.8 Å². The highest BCUT2D eigenvalue weighted by atomic mass is 16.5. The number of aromatic nitrogens is 6. The van der Waals surface area contributed by atoms with Gasteiger partial charge in [-0.15, -0.1) is 10.2 Å². The summed E-state index contributed by atoms with van der Waals surface area (Å²) in [6, 6.07) is 14.3. The van der Waals surface area contributed by atoms with Crippen LogP contribution in [0.15, 0.2) is 67.4 Å². The van der Waals surface area contributed by atoms with Crippen LogP contribution in [0.25, 0.3) is 11.5 Å². The third kappa shape index (κ3) is 3.86. The van der Waals surface area contributed by atoms with Gasteiger partial charge in [0.05, 0.1) is 0 Å². The number of carbonyl (C=O) groups excluding carboxylic acids is 1. The van der Waals surface area contributed by atoms with E-state index in [1.807, 2.05) is 16.7 Å². The number of carbonyl (C=O) groups is 1. The Balaban J connectivity index is 1.33. The van der Waals surface area contributed by atoms with Gasteiger partial charge in [-0.05, 0) is 43.2 Å². The molecule has 3 aromatic heterocycles. The first kappa shape index (κ1) is 17.9. The van der Waals surface area contributed by atoms with E-state index in [1.165, 1.54) is 6.33 Å². The minimum Gasteiger partial charge on any atom is -0.439 e. The van der Waals surface area contributed by atoms with Crippen LogP contribution in [0.3, 0.4) is 0 Å². The highest BCUT2D eigenvalue weighted by Crippen LogP contribution is 2.37. The van der Waals surface area contributed by atoms with Crippen molar-refractivity contribution >= 4 is 11.7 Å². The largest absolute Gasteiger partial charge is 0.439 e. The molecule has 3 heterocycles. The molecule has 5 rings (SSSR count). The fraction of sp³-hybridized carbons (Fsp3) is 0.143. The summed E-state index contributed by atoms with van der Waals surface area (Å²) in [5.74, 6) is 1.74. The van der Waals surface area contributed by atoms with Gasteiger partial charge in [-0.25, -0.2) is 15.0 Å². The van der Waals surface area contributed by atoms with E-state index in [0.29, 0.717) is 40.6 Å². The maximum atomic E-state index is 12.7. The second kappa shape index (κ2) is 7.70. The molecule has 0 spiro atoms. The zero-order valence-corrected chi connectivity index (χ0v) is 15.8. The molecule has 0 unspecified atom stereocenters. The smallest absolute Gasteiger partial charge is 0.256 e. The standard InChI is InChI=1S/C21H17N7O2/c29-21(14-3-1-4-16(11-14)30-19-9-10-22-12-23-19)26-18-6-2-5-17(25-18)20-27-24-13-28(20)15-7-8-15/h1-6,9-13,15H,7-8H2,(H,25,26,29). The van der Waals surface area contributed by atoms with Crippen LogP contribution in [-0.4, -0.2) is 35.6 Å². The van der Waals surface area contributed by atoms with Gasteiger partial charge >= 0.3 is 0 Å². The lowest BCUT2D eigenvalue weighted by Gasteiger charge is -2.09. The number of pyridine rings is 1. The molecular formula is C21H17N7O2. The van der Waals surface area contributed by atoms with Crippen LogP contribution < -0.4 is 10.1 Å². The Hall–Kier alpha value is -4.14. The van der Waals surface area contributed by atoms with Gasteiger partial charge in [0.2, 0.25) is 5.88 Å². The molecule has 1 saturated carbocycles. The molecule has 0 aliphatic heterocycles. The molecule has 148 valence electrons. The molecule has 0 radical (unpaired) electrons. The molecule has 0 saturated heterocycles. The lowest BCUT2D eigenvalue weighted by Crippen LogP contribution is -2.13. The number of benzene rings is 1. The molecule has 1 N–H and O–H groups in total. The van der Waals surface area contributed by atoms with Crippen LogP contribution in [-0.2, 0) is 0 Å². The van der Waals surface area contributed by atoms with E-state index < -0.39 is 0 Å². The molecule has 1 amide bonds. The molecule has 4 aromatic rings. The van der Waals surface area contributed by atoms with E-state index in [9.17, 15) is 4.79 Å². The van der Waals surface area contributed by atoms with Crippen molar-refractivity contribution < 1.29 is 9.53 Å². The number of hydrogen-bond donors (Lipinski definition) is 1. The van der Waals surface area contributed by atoms with E-state index >= 15 is 0 Å². The Bertz CT molecular complexity index is 1190. The van der Waals surface area contributed by atoms with Gasteiger partial charge in [0.25, 0.3) is 5.91 Å². The first-order chi connectivity index (χ1) is 14.8. The average Bonchev–Trinajstić information content (AvgIpc) is 3.51. The van der Waals surface area contributed by atoms with Crippen LogP contribution in [0, 0.1) is 0 Å². The molecular weight excluding hydrogens is 382 g/mol. The van der Waals surface area contributed by atoms with Crippen molar-refractivity contribution in [3.8, 4) is 23.1 Å². The summed E-state index contributed by atoms with van der Waals surface area (Å²) in [5.41, 5.74) is 1.10. The van der Waals surface area contributed by atoms with Crippen molar-refractivity contribution in [2.24, 2.45) is 0 Å². The van der Waals surface area contributed by atoms with Gasteiger partial charge in [0.1, 0.15) is 29.9 Å². The van der Waals surface area contributed by atoms with Gasteiger partial charge in [0, 0.05) is 23.9 Å². The first-order valence-electron chi connectivity index (χ1n) is 9.48. The summed E-state index contributed by atoms with van der Waals surface area (Å²) in [6.07, 6.45) is 6.95. The second-order valence-electron chi connectivity index (χ2n) is 6.83. The molecule has 0 bridgehead atoms. The highest BCUT2D eigenvalue weighted by Gasteiger charge is 2.27. The average molecular weight is 399 g/mol. The lowest BCUT2D eigenvalue weighted by molar-refractivity contribution is 0.102. The number of nitrogens with one attached hydrogen (secondary N) is 1. The number of rotatable bonds is 6. The third-order valence-electron chi connectivity index (χ3n) is 4.61. The van der Waals surface area contributed by atoms with Crippen LogP contribution >= 0.6 is 0 Å². The molecule has 9 nitrogen and oxygen atoms in total. The third-order valence-corrected chi connectivity index (χ3v) is 4.61. The van der Waals surface area contributed by atoms with Gasteiger partial charge < -0.3 is 14.6 Å². The molecule has 30 heavy (non-hydrogen) atoms. The van der Waals surface area contributed by atoms with Crippen molar-refractivity contribution in [1.82, 2.24) is 29.7 Å². The SMILES string of the molecule is O=C(Nc1cccc(-c2nncn2C2CC2)n1)c1cccc(Oc2ccncn2)c1. The molecule has 1 aromatic carbocycles. The number of nitrogens with zero attached hydrogens (tertiary/aromatic N) is 6. The Morgan fingerprint density at radius 1 is 1.13 bits per heavy atom. The van der Waals surface area contributed by atoms with E-state index in [-0.39, 0.29) is 5.91 Å². The van der Waals surface area contributed by atoms with Crippen molar-refractivity contribution in [2.75, 3.05) is 5.32 Å². The fourth-order valence-electron chi connectivity index (χ4n) is 3.02. The summed E-state index contributed by atoms with van der Waals surface area (Å²) >= 11 is 0. The minimum absolute atomic E-state index is 0.295. The molecule has 9 heteroatoms. The van der Waals surface area contributed by atoms with E-state index in [1.54, 1.807) is 48.9 Å². The van der Waals surface area contributed by atoms with Crippen molar-refractivity contribution in [3.05, 3.63) is 72.9 Å². The number of hydrogen-bond acceptors (Lipinski definition) is 7. The van der Waals surface area contributed by atoms with Crippen molar-refractivity contribution in [2.45, 2.75) is 18.9 Å². The van der Waals surface area contributed by atoms with Crippen molar-refractivity contribution in [3.63, 3.8) is 0 Å². The molecule has 1 aliphatic rings. The quantitative estimate of drug-likeness (QED) is 0.528. The predicted octanol–water partition coefficient (Wildman–Crippen LogP) is 3.51. The number of ether oxygens (including phenoxy) is 1. The van der Waals surface area contributed by atoms with Gasteiger partial charge in [-0.2, -0.15) is 0 Å². The van der Waals surface area contributed by atoms with Gasteiger partial charge in [-0.3, -0.25) is 4.79 Å².